The monoisotopic (exact) mass is 420 g/mol. The van der Waals surface area contributed by atoms with E-state index in [-0.39, 0.29) is 0 Å². The van der Waals surface area contributed by atoms with Crippen LogP contribution in [0.4, 0.5) is 5.82 Å². The number of hydrogen-bond acceptors (Lipinski definition) is 5. The fourth-order valence-corrected chi connectivity index (χ4v) is 5.07. The van der Waals surface area contributed by atoms with E-state index in [1.54, 1.807) is 0 Å². The molecule has 0 aliphatic carbocycles. The standard InChI is InChI=1S/C26H24N6/c1-31-15-20(16-31)24-11-12-28-26-21(14-27)25(30-32(24)26)19-8-7-18-9-10-22(29-23(18)13-19)17-5-3-2-4-6-17/h2-10,13,20,24,28H,11-12,15-16H2,1H3. The molecule has 2 aliphatic rings. The van der Waals surface area contributed by atoms with Gasteiger partial charge in [-0.3, -0.25) is 0 Å². The third-order valence-electron chi connectivity index (χ3n) is 6.74. The molecule has 0 radical (unpaired) electrons. The third-order valence-corrected chi connectivity index (χ3v) is 6.74. The van der Waals surface area contributed by atoms with Gasteiger partial charge >= 0.3 is 0 Å². The van der Waals surface area contributed by atoms with Crippen molar-refractivity contribution in [3.63, 3.8) is 0 Å². The summed E-state index contributed by atoms with van der Waals surface area (Å²) in [6, 6.07) is 23.3. The minimum Gasteiger partial charge on any atom is -0.369 e. The van der Waals surface area contributed by atoms with Crippen molar-refractivity contribution in [2.24, 2.45) is 5.92 Å². The summed E-state index contributed by atoms with van der Waals surface area (Å²) in [7, 11) is 2.15. The summed E-state index contributed by atoms with van der Waals surface area (Å²) in [5.41, 5.74) is 5.23. The highest BCUT2D eigenvalue weighted by atomic mass is 15.4. The highest BCUT2D eigenvalue weighted by Gasteiger charge is 2.37. The number of fused-ring (bicyclic) bond motifs is 2. The van der Waals surface area contributed by atoms with Crippen LogP contribution in [0.25, 0.3) is 33.4 Å². The molecule has 158 valence electrons. The van der Waals surface area contributed by atoms with Crippen LogP contribution in [-0.2, 0) is 0 Å². The van der Waals surface area contributed by atoms with E-state index in [9.17, 15) is 5.26 Å². The molecule has 0 saturated carbocycles. The van der Waals surface area contributed by atoms with Gasteiger partial charge in [0.05, 0.1) is 17.3 Å². The van der Waals surface area contributed by atoms with Crippen LogP contribution in [-0.4, -0.2) is 46.3 Å². The highest BCUT2D eigenvalue weighted by Crippen LogP contribution is 2.39. The number of hydrogen-bond donors (Lipinski definition) is 1. The van der Waals surface area contributed by atoms with Crippen LogP contribution in [0.1, 0.15) is 18.0 Å². The van der Waals surface area contributed by atoms with Gasteiger partial charge < -0.3 is 10.2 Å². The summed E-state index contributed by atoms with van der Waals surface area (Å²) in [5, 5.41) is 19.5. The van der Waals surface area contributed by atoms with Crippen LogP contribution in [0, 0.1) is 17.2 Å². The summed E-state index contributed by atoms with van der Waals surface area (Å²) < 4.78 is 2.08. The van der Waals surface area contributed by atoms with Gasteiger partial charge in [-0.25, -0.2) is 9.67 Å². The molecule has 32 heavy (non-hydrogen) atoms. The van der Waals surface area contributed by atoms with Crippen molar-refractivity contribution in [2.75, 3.05) is 32.0 Å². The number of pyridine rings is 1. The molecule has 2 aliphatic heterocycles. The van der Waals surface area contributed by atoms with E-state index in [1.807, 2.05) is 24.3 Å². The molecule has 1 N–H and O–H groups in total. The van der Waals surface area contributed by atoms with Gasteiger partial charge in [-0.2, -0.15) is 10.4 Å². The lowest BCUT2D eigenvalue weighted by Crippen LogP contribution is -2.49. The average Bonchev–Trinajstić information content (AvgIpc) is 3.21. The lowest BCUT2D eigenvalue weighted by Gasteiger charge is -2.43. The van der Waals surface area contributed by atoms with E-state index in [0.717, 1.165) is 65.3 Å². The molecule has 6 nitrogen and oxygen atoms in total. The Bertz CT molecular complexity index is 1340. The fourth-order valence-electron chi connectivity index (χ4n) is 5.07. The van der Waals surface area contributed by atoms with Gasteiger partial charge in [0.2, 0.25) is 0 Å². The molecule has 1 saturated heterocycles. The molecule has 1 fully saturated rings. The van der Waals surface area contributed by atoms with Crippen LogP contribution < -0.4 is 5.32 Å². The number of likely N-dealkylation sites (tertiary alicyclic amines) is 1. The second-order valence-electron chi connectivity index (χ2n) is 8.86. The Morgan fingerprint density at radius 1 is 1.03 bits per heavy atom. The Morgan fingerprint density at radius 3 is 2.62 bits per heavy atom. The minimum absolute atomic E-state index is 0.339. The van der Waals surface area contributed by atoms with Crippen molar-refractivity contribution in [3.8, 4) is 28.6 Å². The predicted molar refractivity (Wildman–Crippen MR) is 126 cm³/mol. The summed E-state index contributed by atoms with van der Waals surface area (Å²) >= 11 is 0. The van der Waals surface area contributed by atoms with Crippen LogP contribution in [0.3, 0.4) is 0 Å². The molecule has 0 bridgehead atoms. The van der Waals surface area contributed by atoms with Crippen molar-refractivity contribution in [1.82, 2.24) is 19.7 Å². The second kappa shape index (κ2) is 7.47. The van der Waals surface area contributed by atoms with E-state index >= 15 is 0 Å². The molecule has 0 spiro atoms. The summed E-state index contributed by atoms with van der Waals surface area (Å²) in [6.07, 6.45) is 1.04. The average molecular weight is 421 g/mol. The van der Waals surface area contributed by atoms with Gasteiger partial charge in [0.1, 0.15) is 23.1 Å². The Morgan fingerprint density at radius 2 is 1.84 bits per heavy atom. The minimum atomic E-state index is 0.339. The molecule has 1 atom stereocenters. The van der Waals surface area contributed by atoms with E-state index in [1.165, 1.54) is 0 Å². The van der Waals surface area contributed by atoms with Crippen molar-refractivity contribution in [3.05, 3.63) is 66.2 Å². The first-order valence-corrected chi connectivity index (χ1v) is 11.1. The van der Waals surface area contributed by atoms with Gasteiger partial charge in [0.25, 0.3) is 0 Å². The Balaban J connectivity index is 1.44. The molecule has 2 aromatic heterocycles. The third kappa shape index (κ3) is 3.05. The molecular formula is C26H24N6. The Labute approximate surface area is 187 Å². The van der Waals surface area contributed by atoms with Crippen molar-refractivity contribution in [2.45, 2.75) is 12.5 Å². The summed E-state index contributed by atoms with van der Waals surface area (Å²) in [6.45, 7) is 3.05. The van der Waals surface area contributed by atoms with E-state index in [0.29, 0.717) is 17.5 Å². The molecule has 6 rings (SSSR count). The van der Waals surface area contributed by atoms with Gasteiger partial charge in [0.15, 0.2) is 0 Å². The van der Waals surface area contributed by atoms with Crippen molar-refractivity contribution >= 4 is 16.7 Å². The van der Waals surface area contributed by atoms with Gasteiger partial charge in [0, 0.05) is 42.1 Å². The number of nitrogens with zero attached hydrogens (tertiary/aromatic N) is 5. The largest absolute Gasteiger partial charge is 0.369 e. The lowest BCUT2D eigenvalue weighted by atomic mass is 9.89. The van der Waals surface area contributed by atoms with Gasteiger partial charge in [-0.15, -0.1) is 0 Å². The maximum absolute atomic E-state index is 10.0. The predicted octanol–water partition coefficient (Wildman–Crippen LogP) is 4.56. The zero-order valence-electron chi connectivity index (χ0n) is 18.0. The van der Waals surface area contributed by atoms with E-state index in [2.05, 4.69) is 64.4 Å². The summed E-state index contributed by atoms with van der Waals surface area (Å²) in [5.74, 6) is 1.45. The molecular weight excluding hydrogens is 396 g/mol. The quantitative estimate of drug-likeness (QED) is 0.526. The SMILES string of the molecule is CN1CC(C2CCNc3c(C#N)c(-c4ccc5ccc(-c6ccccc6)nc5c4)nn32)C1. The Kier molecular flexibility index (Phi) is 4.44. The first-order chi connectivity index (χ1) is 15.7. The molecule has 1 unspecified atom stereocenters. The number of aromatic nitrogens is 3. The first kappa shape index (κ1) is 19.0. The zero-order valence-corrected chi connectivity index (χ0v) is 18.0. The van der Waals surface area contributed by atoms with Crippen LogP contribution in [0.5, 0.6) is 0 Å². The maximum Gasteiger partial charge on any atom is 0.143 e. The maximum atomic E-state index is 10.0. The van der Waals surface area contributed by atoms with Crippen molar-refractivity contribution in [1.29, 1.82) is 5.26 Å². The highest BCUT2D eigenvalue weighted by molar-refractivity contribution is 5.87. The zero-order chi connectivity index (χ0) is 21.7. The number of anilines is 1. The van der Waals surface area contributed by atoms with Gasteiger partial charge in [-0.1, -0.05) is 48.5 Å². The molecule has 6 heteroatoms. The number of nitriles is 1. The van der Waals surface area contributed by atoms with Gasteiger partial charge in [-0.05, 0) is 25.6 Å². The van der Waals surface area contributed by atoms with Crippen molar-refractivity contribution < 1.29 is 0 Å². The number of nitrogens with one attached hydrogen (secondary N) is 1. The normalized spacial score (nSPS) is 18.6. The van der Waals surface area contributed by atoms with E-state index < -0.39 is 0 Å². The van der Waals surface area contributed by atoms with Crippen LogP contribution in [0.2, 0.25) is 0 Å². The molecule has 4 aromatic rings. The van der Waals surface area contributed by atoms with E-state index in [4.69, 9.17) is 10.1 Å². The topological polar surface area (TPSA) is 69.8 Å². The number of rotatable bonds is 3. The fraction of sp³-hybridized carbons (Fsp3) is 0.269. The lowest BCUT2D eigenvalue weighted by molar-refractivity contribution is 0.0778. The second-order valence-corrected chi connectivity index (χ2v) is 8.86. The molecule has 0 amide bonds. The van der Waals surface area contributed by atoms with Crippen LogP contribution in [0.15, 0.2) is 60.7 Å². The molecule has 2 aromatic carbocycles. The summed E-state index contributed by atoms with van der Waals surface area (Å²) in [4.78, 5) is 7.24. The number of benzene rings is 2. The van der Waals surface area contributed by atoms with Crippen LogP contribution >= 0.6 is 0 Å². The first-order valence-electron chi connectivity index (χ1n) is 11.1. The molecule has 4 heterocycles. The Hall–Kier alpha value is -3.69. The smallest absolute Gasteiger partial charge is 0.143 e.